The van der Waals surface area contributed by atoms with Crippen LogP contribution in [-0.2, 0) is 17.8 Å². The Morgan fingerprint density at radius 1 is 1.09 bits per heavy atom. The molecular weight excluding hydrogens is 418 g/mol. The molecule has 1 aliphatic rings. The second-order valence-electron chi connectivity index (χ2n) is 8.40. The Bertz CT molecular complexity index is 1290. The van der Waals surface area contributed by atoms with E-state index in [0.29, 0.717) is 11.4 Å². The minimum atomic E-state index is -0.0580. The van der Waals surface area contributed by atoms with E-state index in [4.69, 9.17) is 0 Å². The molecule has 1 fully saturated rings. The zero-order valence-electron chi connectivity index (χ0n) is 18.4. The zero-order chi connectivity index (χ0) is 22.8. The molecule has 168 valence electrons. The van der Waals surface area contributed by atoms with E-state index < -0.39 is 0 Å². The first-order valence-electron chi connectivity index (χ1n) is 11.0. The highest BCUT2D eigenvalue weighted by atomic mass is 16.2. The van der Waals surface area contributed by atoms with Gasteiger partial charge < -0.3 is 9.80 Å². The molecule has 9 heteroatoms. The van der Waals surface area contributed by atoms with Gasteiger partial charge in [0.05, 0.1) is 17.4 Å². The van der Waals surface area contributed by atoms with E-state index in [1.807, 2.05) is 41.4 Å². The maximum absolute atomic E-state index is 12.9. The number of amides is 1. The third kappa shape index (κ3) is 4.68. The van der Waals surface area contributed by atoms with Gasteiger partial charge in [-0.25, -0.2) is 4.98 Å². The fourth-order valence-corrected chi connectivity index (χ4v) is 4.03. The van der Waals surface area contributed by atoms with Crippen LogP contribution in [0.25, 0.3) is 22.2 Å². The predicted molar refractivity (Wildman–Crippen MR) is 124 cm³/mol. The van der Waals surface area contributed by atoms with Crippen molar-refractivity contribution in [2.75, 3.05) is 33.2 Å². The van der Waals surface area contributed by atoms with E-state index in [-0.39, 0.29) is 24.7 Å². The Labute approximate surface area is 191 Å². The van der Waals surface area contributed by atoms with E-state index in [9.17, 15) is 9.59 Å². The van der Waals surface area contributed by atoms with Crippen LogP contribution < -0.4 is 0 Å². The molecule has 0 atom stereocenters. The fraction of sp³-hybridized carbons (Fsp3) is 0.292. The van der Waals surface area contributed by atoms with Gasteiger partial charge in [0.15, 0.2) is 5.78 Å². The molecule has 0 bridgehead atoms. The number of hydrogen-bond donors (Lipinski definition) is 1. The summed E-state index contributed by atoms with van der Waals surface area (Å²) in [5, 5.41) is 12.1. The summed E-state index contributed by atoms with van der Waals surface area (Å²) in [5.41, 5.74) is 3.65. The maximum Gasteiger partial charge on any atom is 0.244 e. The molecule has 4 heterocycles. The number of nitrogens with one attached hydrogen (secondary N) is 1. The fourth-order valence-electron chi connectivity index (χ4n) is 4.03. The van der Waals surface area contributed by atoms with Gasteiger partial charge in [-0.3, -0.25) is 19.4 Å². The number of aromatic amines is 1. The SMILES string of the molecule is CN1CCN(C(=O)Cn2cc3cc(CC(=O)c4cccc(-c5cn[nH]c5)n4)ccc3n2)CC1. The molecule has 3 aromatic heterocycles. The van der Waals surface area contributed by atoms with Crippen LogP contribution in [0.5, 0.6) is 0 Å². The van der Waals surface area contributed by atoms with E-state index in [1.54, 1.807) is 23.1 Å². The molecule has 1 N–H and O–H groups in total. The summed E-state index contributed by atoms with van der Waals surface area (Å²) >= 11 is 0. The molecular formula is C24H25N7O2. The number of benzene rings is 1. The van der Waals surface area contributed by atoms with Crippen molar-refractivity contribution < 1.29 is 9.59 Å². The largest absolute Gasteiger partial charge is 0.339 e. The third-order valence-corrected chi connectivity index (χ3v) is 5.96. The molecule has 9 nitrogen and oxygen atoms in total. The number of rotatable bonds is 6. The van der Waals surface area contributed by atoms with Crippen molar-refractivity contribution in [1.82, 2.24) is 34.8 Å². The molecule has 5 rings (SSSR count). The van der Waals surface area contributed by atoms with E-state index >= 15 is 0 Å². The van der Waals surface area contributed by atoms with Crippen molar-refractivity contribution in [2.24, 2.45) is 0 Å². The van der Waals surface area contributed by atoms with Crippen LogP contribution in [0.3, 0.4) is 0 Å². The maximum atomic E-state index is 12.9. The van der Waals surface area contributed by atoms with E-state index in [1.165, 1.54) is 0 Å². The zero-order valence-corrected chi connectivity index (χ0v) is 18.4. The molecule has 0 unspecified atom stereocenters. The smallest absolute Gasteiger partial charge is 0.244 e. The number of H-pyrrole nitrogens is 1. The summed E-state index contributed by atoms with van der Waals surface area (Å²) in [7, 11) is 2.07. The van der Waals surface area contributed by atoms with Crippen LogP contribution in [0.2, 0.25) is 0 Å². The van der Waals surface area contributed by atoms with Gasteiger partial charge in [-0.15, -0.1) is 0 Å². The Morgan fingerprint density at radius 3 is 2.73 bits per heavy atom. The lowest BCUT2D eigenvalue weighted by atomic mass is 10.0. The van der Waals surface area contributed by atoms with Crippen molar-refractivity contribution in [3.05, 3.63) is 66.2 Å². The average molecular weight is 444 g/mol. The van der Waals surface area contributed by atoms with Crippen molar-refractivity contribution in [3.63, 3.8) is 0 Å². The lowest BCUT2D eigenvalue weighted by Crippen LogP contribution is -2.48. The van der Waals surface area contributed by atoms with Gasteiger partial charge in [-0.2, -0.15) is 10.2 Å². The van der Waals surface area contributed by atoms with E-state index in [2.05, 4.69) is 32.2 Å². The number of carbonyl (C=O) groups excluding carboxylic acids is 2. The van der Waals surface area contributed by atoms with Gasteiger partial charge >= 0.3 is 0 Å². The number of nitrogens with zero attached hydrogens (tertiary/aromatic N) is 6. The van der Waals surface area contributed by atoms with Gasteiger partial charge in [-0.05, 0) is 36.9 Å². The molecule has 1 aromatic carbocycles. The summed E-state index contributed by atoms with van der Waals surface area (Å²) in [6.07, 6.45) is 5.53. The van der Waals surface area contributed by atoms with Gasteiger partial charge in [0.2, 0.25) is 5.91 Å². The lowest BCUT2D eigenvalue weighted by molar-refractivity contribution is -0.133. The van der Waals surface area contributed by atoms with E-state index in [0.717, 1.165) is 48.2 Å². The van der Waals surface area contributed by atoms with Crippen LogP contribution >= 0.6 is 0 Å². The first kappa shape index (κ1) is 21.0. The van der Waals surface area contributed by atoms with Crippen LogP contribution in [0.4, 0.5) is 0 Å². The summed E-state index contributed by atoms with van der Waals surface area (Å²) in [6, 6.07) is 11.2. The highest BCUT2D eigenvalue weighted by molar-refractivity contribution is 5.96. The normalized spacial score (nSPS) is 14.6. The molecule has 0 aliphatic carbocycles. The molecule has 1 amide bonds. The molecule has 0 saturated carbocycles. The first-order chi connectivity index (χ1) is 16.0. The first-order valence-corrected chi connectivity index (χ1v) is 11.0. The topological polar surface area (TPSA) is 100 Å². The Balaban J connectivity index is 1.27. The van der Waals surface area contributed by atoms with Crippen LogP contribution in [0.15, 0.2) is 55.0 Å². The number of hydrogen-bond acceptors (Lipinski definition) is 6. The summed E-state index contributed by atoms with van der Waals surface area (Å²) in [4.78, 5) is 34.1. The van der Waals surface area contributed by atoms with Gasteiger partial charge in [0, 0.05) is 55.9 Å². The Kier molecular flexibility index (Phi) is 5.70. The number of aromatic nitrogens is 5. The number of ketones is 1. The Morgan fingerprint density at radius 2 is 1.94 bits per heavy atom. The predicted octanol–water partition coefficient (Wildman–Crippen LogP) is 2.02. The quantitative estimate of drug-likeness (QED) is 0.458. The highest BCUT2D eigenvalue weighted by Gasteiger charge is 2.19. The van der Waals surface area contributed by atoms with Crippen LogP contribution in [-0.4, -0.2) is 79.7 Å². The van der Waals surface area contributed by atoms with Crippen molar-refractivity contribution in [1.29, 1.82) is 0 Å². The number of likely N-dealkylation sites (N-methyl/N-ethyl adjacent to an activating group) is 1. The van der Waals surface area contributed by atoms with Gasteiger partial charge in [-0.1, -0.05) is 12.1 Å². The monoisotopic (exact) mass is 443 g/mol. The van der Waals surface area contributed by atoms with Gasteiger partial charge in [0.1, 0.15) is 12.2 Å². The number of piperazine rings is 1. The summed E-state index contributed by atoms with van der Waals surface area (Å²) in [5.74, 6) is 0.0206. The molecule has 1 aliphatic heterocycles. The van der Waals surface area contributed by atoms with Crippen molar-refractivity contribution in [2.45, 2.75) is 13.0 Å². The number of Topliss-reactive ketones (excluding diaryl/α,β-unsaturated/α-hetero) is 1. The molecule has 0 radical (unpaired) electrons. The summed E-state index contributed by atoms with van der Waals surface area (Å²) < 4.78 is 1.69. The second kappa shape index (κ2) is 8.95. The molecule has 33 heavy (non-hydrogen) atoms. The second-order valence-corrected chi connectivity index (χ2v) is 8.40. The van der Waals surface area contributed by atoms with Crippen molar-refractivity contribution >= 4 is 22.6 Å². The number of fused-ring (bicyclic) bond motifs is 1. The minimum Gasteiger partial charge on any atom is -0.339 e. The summed E-state index contributed by atoms with van der Waals surface area (Å²) in [6.45, 7) is 3.50. The standard InChI is InChI=1S/C24H25N7O2/c1-29-7-9-30(10-8-29)24(33)16-31-15-18-11-17(5-6-21(18)28-31)12-23(32)22-4-2-3-20(27-22)19-13-25-26-14-19/h2-6,11,13-15H,7-10,12,16H2,1H3,(H,25,26). The van der Waals surface area contributed by atoms with Crippen molar-refractivity contribution in [3.8, 4) is 11.3 Å². The number of carbonyl (C=O) groups is 2. The Hall–Kier alpha value is -3.85. The third-order valence-electron chi connectivity index (χ3n) is 5.96. The van der Waals surface area contributed by atoms with Crippen LogP contribution in [0.1, 0.15) is 16.1 Å². The molecule has 0 spiro atoms. The molecule has 1 saturated heterocycles. The average Bonchev–Trinajstić information content (AvgIpc) is 3.49. The number of pyridine rings is 1. The van der Waals surface area contributed by atoms with Crippen LogP contribution in [0, 0.1) is 0 Å². The molecule has 4 aromatic rings. The highest BCUT2D eigenvalue weighted by Crippen LogP contribution is 2.18. The lowest BCUT2D eigenvalue weighted by Gasteiger charge is -2.32. The minimum absolute atomic E-state index is 0.0580. The van der Waals surface area contributed by atoms with Gasteiger partial charge in [0.25, 0.3) is 0 Å².